The number of aromatic amines is 1. The van der Waals surface area contributed by atoms with Crippen molar-refractivity contribution in [3.63, 3.8) is 0 Å². The maximum Gasteiger partial charge on any atom is 0.178 e. The molecule has 3 heterocycles. The van der Waals surface area contributed by atoms with Crippen LogP contribution in [0.2, 0.25) is 0 Å². The van der Waals surface area contributed by atoms with Crippen molar-refractivity contribution in [1.29, 1.82) is 0 Å². The van der Waals surface area contributed by atoms with Crippen molar-refractivity contribution in [2.45, 2.75) is 0 Å². The van der Waals surface area contributed by atoms with E-state index >= 15 is 0 Å². The van der Waals surface area contributed by atoms with E-state index in [1.165, 1.54) is 0 Å². The van der Waals surface area contributed by atoms with Gasteiger partial charge in [0.05, 0.1) is 11.0 Å². The number of hydrogen-bond donors (Lipinski definition) is 1. The molecule has 20 heavy (non-hydrogen) atoms. The standard InChI is InChI=1S/C15H9BrN4/c16-9-7-13-15(18-8-9)20-14(19-13)11-3-1-5-12-10(11)4-2-6-17-12/h1-8H,(H,18,19,20). The first-order valence-corrected chi connectivity index (χ1v) is 6.96. The molecule has 0 saturated heterocycles. The minimum absolute atomic E-state index is 0.712. The van der Waals surface area contributed by atoms with Crippen molar-refractivity contribution < 1.29 is 0 Å². The number of imidazole rings is 1. The Balaban J connectivity index is 2.01. The van der Waals surface area contributed by atoms with Gasteiger partial charge in [-0.3, -0.25) is 4.98 Å². The molecule has 0 saturated carbocycles. The second kappa shape index (κ2) is 4.38. The summed E-state index contributed by atoms with van der Waals surface area (Å²) in [7, 11) is 0. The Hall–Kier alpha value is -2.27. The lowest BCUT2D eigenvalue weighted by Crippen LogP contribution is -1.85. The average Bonchev–Trinajstić information content (AvgIpc) is 2.89. The van der Waals surface area contributed by atoms with E-state index in [-0.39, 0.29) is 0 Å². The maximum absolute atomic E-state index is 4.56. The quantitative estimate of drug-likeness (QED) is 0.577. The third-order valence-electron chi connectivity index (χ3n) is 3.20. The number of nitrogens with one attached hydrogen (secondary N) is 1. The number of benzene rings is 1. The number of nitrogens with zero attached hydrogens (tertiary/aromatic N) is 3. The van der Waals surface area contributed by atoms with Gasteiger partial charge in [-0.05, 0) is 34.1 Å². The van der Waals surface area contributed by atoms with E-state index < -0.39 is 0 Å². The molecule has 0 aliphatic rings. The number of rotatable bonds is 1. The molecule has 0 aliphatic heterocycles. The molecule has 4 aromatic rings. The van der Waals surface area contributed by atoms with Gasteiger partial charge in [-0.1, -0.05) is 18.2 Å². The van der Waals surface area contributed by atoms with Crippen LogP contribution in [0.1, 0.15) is 0 Å². The normalized spacial score (nSPS) is 11.2. The van der Waals surface area contributed by atoms with Crippen molar-refractivity contribution in [2.75, 3.05) is 0 Å². The summed E-state index contributed by atoms with van der Waals surface area (Å²) in [5.74, 6) is 0.809. The molecule has 0 unspecified atom stereocenters. The lowest BCUT2D eigenvalue weighted by molar-refractivity contribution is 1.30. The molecule has 0 atom stereocenters. The monoisotopic (exact) mass is 324 g/mol. The van der Waals surface area contributed by atoms with Gasteiger partial charge in [0.15, 0.2) is 5.65 Å². The van der Waals surface area contributed by atoms with Crippen LogP contribution in [0, 0.1) is 0 Å². The summed E-state index contributed by atoms with van der Waals surface area (Å²) in [6, 6.07) is 12.0. The molecule has 4 nitrogen and oxygen atoms in total. The highest BCUT2D eigenvalue weighted by Crippen LogP contribution is 2.27. The summed E-state index contributed by atoms with van der Waals surface area (Å²) >= 11 is 3.42. The second-order valence-corrected chi connectivity index (χ2v) is 5.40. The Morgan fingerprint density at radius 3 is 2.95 bits per heavy atom. The minimum Gasteiger partial charge on any atom is -0.337 e. The Morgan fingerprint density at radius 1 is 1.05 bits per heavy atom. The highest BCUT2D eigenvalue weighted by molar-refractivity contribution is 9.10. The molecule has 4 rings (SSSR count). The fraction of sp³-hybridized carbons (Fsp3) is 0. The summed E-state index contributed by atoms with van der Waals surface area (Å²) in [5.41, 5.74) is 3.61. The summed E-state index contributed by atoms with van der Waals surface area (Å²) in [5, 5.41) is 1.08. The van der Waals surface area contributed by atoms with Gasteiger partial charge in [0.25, 0.3) is 0 Å². The van der Waals surface area contributed by atoms with Crippen molar-refractivity contribution in [2.24, 2.45) is 0 Å². The van der Waals surface area contributed by atoms with Gasteiger partial charge in [0.1, 0.15) is 5.82 Å². The Bertz CT molecular complexity index is 924. The molecule has 0 amide bonds. The van der Waals surface area contributed by atoms with Gasteiger partial charge in [-0.25, -0.2) is 9.97 Å². The minimum atomic E-state index is 0.712. The SMILES string of the molecule is Brc1cnc2nc(-c3cccc4ncccc34)[nH]c2c1. The molecule has 96 valence electrons. The van der Waals surface area contributed by atoms with Crippen molar-refractivity contribution in [3.05, 3.63) is 53.3 Å². The van der Waals surface area contributed by atoms with Crippen LogP contribution in [0.15, 0.2) is 53.3 Å². The summed E-state index contributed by atoms with van der Waals surface area (Å²) in [6.45, 7) is 0. The van der Waals surface area contributed by atoms with Crippen molar-refractivity contribution in [3.8, 4) is 11.4 Å². The molecule has 1 aromatic carbocycles. The number of fused-ring (bicyclic) bond motifs is 2. The largest absolute Gasteiger partial charge is 0.337 e. The van der Waals surface area contributed by atoms with Crippen LogP contribution < -0.4 is 0 Å². The average molecular weight is 325 g/mol. The molecular formula is C15H9BrN4. The summed E-state index contributed by atoms with van der Waals surface area (Å²) < 4.78 is 0.930. The van der Waals surface area contributed by atoms with Crippen LogP contribution >= 0.6 is 15.9 Å². The zero-order valence-electron chi connectivity index (χ0n) is 10.3. The maximum atomic E-state index is 4.56. The van der Waals surface area contributed by atoms with Gasteiger partial charge < -0.3 is 4.98 Å². The Morgan fingerprint density at radius 2 is 2.00 bits per heavy atom. The first-order valence-electron chi connectivity index (χ1n) is 6.17. The van der Waals surface area contributed by atoms with Crippen LogP contribution in [0.25, 0.3) is 33.5 Å². The Kier molecular flexibility index (Phi) is 2.53. The highest BCUT2D eigenvalue weighted by atomic mass is 79.9. The number of aromatic nitrogens is 4. The number of H-pyrrole nitrogens is 1. The van der Waals surface area contributed by atoms with Gasteiger partial charge in [0, 0.05) is 27.8 Å². The van der Waals surface area contributed by atoms with Crippen LogP contribution in [-0.4, -0.2) is 19.9 Å². The molecule has 0 aliphatic carbocycles. The third kappa shape index (κ3) is 1.78. The zero-order chi connectivity index (χ0) is 13.5. The van der Waals surface area contributed by atoms with Crippen LogP contribution in [-0.2, 0) is 0 Å². The molecule has 1 N–H and O–H groups in total. The number of pyridine rings is 2. The molecule has 0 radical (unpaired) electrons. The first-order chi connectivity index (χ1) is 9.81. The second-order valence-electron chi connectivity index (χ2n) is 4.49. The summed E-state index contributed by atoms with van der Waals surface area (Å²) in [4.78, 5) is 16.5. The van der Waals surface area contributed by atoms with E-state index in [1.54, 1.807) is 12.4 Å². The predicted octanol–water partition coefficient (Wildman–Crippen LogP) is 3.94. The highest BCUT2D eigenvalue weighted by Gasteiger charge is 2.09. The fourth-order valence-corrected chi connectivity index (χ4v) is 2.64. The Labute approximate surface area is 123 Å². The molecule has 5 heteroatoms. The van der Waals surface area contributed by atoms with Crippen LogP contribution in [0.5, 0.6) is 0 Å². The van der Waals surface area contributed by atoms with Gasteiger partial charge in [-0.2, -0.15) is 0 Å². The number of hydrogen-bond acceptors (Lipinski definition) is 3. The van der Waals surface area contributed by atoms with Gasteiger partial charge in [0.2, 0.25) is 0 Å². The lowest BCUT2D eigenvalue weighted by atomic mass is 10.1. The van der Waals surface area contributed by atoms with E-state index in [9.17, 15) is 0 Å². The van der Waals surface area contributed by atoms with E-state index in [1.807, 2.05) is 36.4 Å². The fourth-order valence-electron chi connectivity index (χ4n) is 2.31. The molecule has 3 aromatic heterocycles. The van der Waals surface area contributed by atoms with E-state index in [0.29, 0.717) is 5.65 Å². The van der Waals surface area contributed by atoms with Crippen LogP contribution in [0.4, 0.5) is 0 Å². The van der Waals surface area contributed by atoms with Gasteiger partial charge >= 0.3 is 0 Å². The molecule has 0 fully saturated rings. The topological polar surface area (TPSA) is 54.5 Å². The van der Waals surface area contributed by atoms with Crippen LogP contribution in [0.3, 0.4) is 0 Å². The zero-order valence-corrected chi connectivity index (χ0v) is 11.9. The smallest absolute Gasteiger partial charge is 0.178 e. The van der Waals surface area contributed by atoms with E-state index in [0.717, 1.165) is 32.3 Å². The summed E-state index contributed by atoms with van der Waals surface area (Å²) in [6.07, 6.45) is 3.54. The molecule has 0 bridgehead atoms. The predicted molar refractivity (Wildman–Crippen MR) is 82.3 cm³/mol. The van der Waals surface area contributed by atoms with Crippen molar-refractivity contribution >= 4 is 38.0 Å². The third-order valence-corrected chi connectivity index (χ3v) is 3.64. The first kappa shape index (κ1) is 11.5. The van der Waals surface area contributed by atoms with Crippen molar-refractivity contribution in [1.82, 2.24) is 19.9 Å². The molecule has 0 spiro atoms. The number of halogens is 1. The van der Waals surface area contributed by atoms with Gasteiger partial charge in [-0.15, -0.1) is 0 Å². The molecular weight excluding hydrogens is 316 g/mol. The lowest BCUT2D eigenvalue weighted by Gasteiger charge is -2.02. The van der Waals surface area contributed by atoms with E-state index in [4.69, 9.17) is 0 Å². The van der Waals surface area contributed by atoms with E-state index in [2.05, 4.69) is 35.9 Å².